The van der Waals surface area contributed by atoms with Gasteiger partial charge in [-0.25, -0.2) is 0 Å². The van der Waals surface area contributed by atoms with Crippen LogP contribution >= 0.6 is 0 Å². The number of nitrogens with zero attached hydrogens (tertiary/aromatic N) is 1. The van der Waals surface area contributed by atoms with E-state index in [9.17, 15) is 18.0 Å². The van der Waals surface area contributed by atoms with Crippen molar-refractivity contribution in [3.8, 4) is 0 Å². The molecular formula is C14H26F3N3O. The van der Waals surface area contributed by atoms with Gasteiger partial charge < -0.3 is 11.1 Å². The van der Waals surface area contributed by atoms with Crippen LogP contribution < -0.4 is 11.1 Å². The summed E-state index contributed by atoms with van der Waals surface area (Å²) in [5.41, 5.74) is 4.61. The van der Waals surface area contributed by atoms with E-state index in [2.05, 4.69) is 5.32 Å². The Morgan fingerprint density at radius 3 is 2.38 bits per heavy atom. The Labute approximate surface area is 124 Å². The molecule has 0 saturated heterocycles. The van der Waals surface area contributed by atoms with Gasteiger partial charge in [-0.05, 0) is 52.1 Å². The van der Waals surface area contributed by atoms with Crippen LogP contribution in [0.15, 0.2) is 0 Å². The van der Waals surface area contributed by atoms with Crippen LogP contribution in [0.5, 0.6) is 0 Å². The van der Waals surface area contributed by atoms with Gasteiger partial charge in [-0.15, -0.1) is 0 Å². The van der Waals surface area contributed by atoms with E-state index in [0.29, 0.717) is 38.4 Å². The van der Waals surface area contributed by atoms with Crippen LogP contribution in [0.1, 0.15) is 46.0 Å². The van der Waals surface area contributed by atoms with Crippen molar-refractivity contribution in [3.05, 3.63) is 0 Å². The van der Waals surface area contributed by atoms with Gasteiger partial charge in [0.05, 0.1) is 12.1 Å². The maximum atomic E-state index is 12.5. The molecule has 0 heterocycles. The van der Waals surface area contributed by atoms with Crippen LogP contribution in [0.3, 0.4) is 0 Å². The summed E-state index contributed by atoms with van der Waals surface area (Å²) in [7, 11) is 0. The molecule has 1 unspecified atom stereocenters. The SMILES string of the molecule is CCCN(CCCC(C)(NC1CC1)C(N)=O)CC(F)(F)F. The largest absolute Gasteiger partial charge is 0.401 e. The maximum absolute atomic E-state index is 12.5. The number of alkyl halides is 3. The Morgan fingerprint density at radius 2 is 1.95 bits per heavy atom. The topological polar surface area (TPSA) is 58.4 Å². The number of carbonyl (C=O) groups excluding carboxylic acids is 1. The summed E-state index contributed by atoms with van der Waals surface area (Å²) in [6, 6.07) is 0.324. The van der Waals surface area contributed by atoms with Crippen LogP contribution in [0.2, 0.25) is 0 Å². The minimum atomic E-state index is -4.19. The zero-order valence-electron chi connectivity index (χ0n) is 12.8. The monoisotopic (exact) mass is 309 g/mol. The Hall–Kier alpha value is -0.820. The Bertz CT molecular complexity index is 345. The molecule has 0 spiro atoms. The van der Waals surface area contributed by atoms with Crippen molar-refractivity contribution in [2.75, 3.05) is 19.6 Å². The summed E-state index contributed by atoms with van der Waals surface area (Å²) in [5.74, 6) is -0.438. The van der Waals surface area contributed by atoms with Crippen molar-refractivity contribution in [2.24, 2.45) is 5.73 Å². The minimum Gasteiger partial charge on any atom is -0.368 e. The van der Waals surface area contributed by atoms with E-state index < -0.39 is 24.2 Å². The molecule has 3 N–H and O–H groups in total. The second-order valence-corrected chi connectivity index (χ2v) is 6.11. The van der Waals surface area contributed by atoms with Crippen molar-refractivity contribution in [3.63, 3.8) is 0 Å². The summed E-state index contributed by atoms with van der Waals surface area (Å²) in [6.45, 7) is 3.42. The van der Waals surface area contributed by atoms with Gasteiger partial charge in [-0.3, -0.25) is 9.69 Å². The second kappa shape index (κ2) is 7.45. The Balaban J connectivity index is 2.44. The van der Waals surface area contributed by atoms with Gasteiger partial charge in [0, 0.05) is 6.04 Å². The number of amides is 1. The number of nitrogens with one attached hydrogen (secondary N) is 1. The van der Waals surface area contributed by atoms with E-state index in [1.165, 1.54) is 4.90 Å². The first kappa shape index (κ1) is 18.2. The summed E-state index contributed by atoms with van der Waals surface area (Å²) >= 11 is 0. The summed E-state index contributed by atoms with van der Waals surface area (Å²) < 4.78 is 37.4. The molecular weight excluding hydrogens is 283 g/mol. The fourth-order valence-electron chi connectivity index (χ4n) is 2.44. The third-order valence-electron chi connectivity index (χ3n) is 3.74. The average Bonchev–Trinajstić information content (AvgIpc) is 3.10. The molecule has 1 aliphatic rings. The standard InChI is InChI=1S/C14H26F3N3O/c1-3-8-20(10-14(15,16)17)9-4-7-13(2,12(18)21)19-11-5-6-11/h11,19H,3-10H2,1-2H3,(H2,18,21). The maximum Gasteiger partial charge on any atom is 0.401 e. The molecule has 0 aromatic rings. The van der Waals surface area contributed by atoms with Crippen molar-refractivity contribution < 1.29 is 18.0 Å². The molecule has 1 aliphatic carbocycles. The molecule has 0 bridgehead atoms. The fraction of sp³-hybridized carbons (Fsp3) is 0.929. The lowest BCUT2D eigenvalue weighted by molar-refractivity contribution is -0.146. The molecule has 4 nitrogen and oxygen atoms in total. The molecule has 21 heavy (non-hydrogen) atoms. The molecule has 1 rings (SSSR count). The van der Waals surface area contributed by atoms with Gasteiger partial charge >= 0.3 is 6.18 Å². The first-order chi connectivity index (χ1) is 9.66. The molecule has 0 aliphatic heterocycles. The average molecular weight is 309 g/mol. The fourth-order valence-corrected chi connectivity index (χ4v) is 2.44. The number of primary amides is 1. The molecule has 0 aromatic heterocycles. The van der Waals surface area contributed by atoms with Crippen LogP contribution in [0.4, 0.5) is 13.2 Å². The highest BCUT2D eigenvalue weighted by Crippen LogP contribution is 2.25. The lowest BCUT2D eigenvalue weighted by Crippen LogP contribution is -2.54. The molecule has 124 valence electrons. The number of rotatable bonds is 10. The van der Waals surface area contributed by atoms with Crippen molar-refractivity contribution >= 4 is 5.91 Å². The molecule has 1 fully saturated rings. The number of nitrogens with two attached hydrogens (primary N) is 1. The predicted octanol–water partition coefficient (Wildman–Crippen LogP) is 2.04. The van der Waals surface area contributed by atoms with Gasteiger partial charge in [0.2, 0.25) is 5.91 Å². The number of hydrogen-bond acceptors (Lipinski definition) is 3. The van der Waals surface area contributed by atoms with E-state index in [1.54, 1.807) is 6.92 Å². The van der Waals surface area contributed by atoms with Crippen LogP contribution in [-0.2, 0) is 4.79 Å². The first-order valence-electron chi connectivity index (χ1n) is 7.53. The van der Waals surface area contributed by atoms with Gasteiger partial charge in [-0.2, -0.15) is 13.2 Å². The lowest BCUT2D eigenvalue weighted by Gasteiger charge is -2.29. The molecule has 0 radical (unpaired) electrons. The molecule has 1 amide bonds. The molecule has 1 atom stereocenters. The van der Waals surface area contributed by atoms with E-state index in [0.717, 1.165) is 12.8 Å². The van der Waals surface area contributed by atoms with E-state index >= 15 is 0 Å². The van der Waals surface area contributed by atoms with Crippen LogP contribution in [0.25, 0.3) is 0 Å². The summed E-state index contributed by atoms with van der Waals surface area (Å²) in [6.07, 6.45) is -0.498. The Morgan fingerprint density at radius 1 is 1.33 bits per heavy atom. The van der Waals surface area contributed by atoms with Crippen molar-refractivity contribution in [1.29, 1.82) is 0 Å². The second-order valence-electron chi connectivity index (χ2n) is 6.11. The van der Waals surface area contributed by atoms with Gasteiger partial charge in [0.1, 0.15) is 0 Å². The van der Waals surface area contributed by atoms with E-state index in [4.69, 9.17) is 5.73 Å². The number of halogens is 3. The van der Waals surface area contributed by atoms with Crippen LogP contribution in [-0.4, -0.2) is 48.2 Å². The summed E-state index contributed by atoms with van der Waals surface area (Å²) in [5, 5.41) is 3.21. The highest BCUT2D eigenvalue weighted by Gasteiger charge is 2.37. The molecule has 1 saturated carbocycles. The van der Waals surface area contributed by atoms with Crippen molar-refractivity contribution in [1.82, 2.24) is 10.2 Å². The Kier molecular flexibility index (Phi) is 6.46. The third-order valence-corrected chi connectivity index (χ3v) is 3.74. The summed E-state index contributed by atoms with van der Waals surface area (Å²) in [4.78, 5) is 13.0. The van der Waals surface area contributed by atoms with E-state index in [1.807, 2.05) is 6.92 Å². The zero-order valence-corrected chi connectivity index (χ0v) is 12.8. The first-order valence-corrected chi connectivity index (χ1v) is 7.53. The quantitative estimate of drug-likeness (QED) is 0.649. The zero-order chi connectivity index (χ0) is 16.1. The third kappa shape index (κ3) is 7.13. The van der Waals surface area contributed by atoms with Gasteiger partial charge in [-0.1, -0.05) is 6.92 Å². The van der Waals surface area contributed by atoms with Gasteiger partial charge in [0.25, 0.3) is 0 Å². The van der Waals surface area contributed by atoms with E-state index in [-0.39, 0.29) is 0 Å². The van der Waals surface area contributed by atoms with Crippen LogP contribution in [0, 0.1) is 0 Å². The number of carbonyl (C=O) groups is 1. The highest BCUT2D eigenvalue weighted by atomic mass is 19.4. The number of hydrogen-bond donors (Lipinski definition) is 2. The van der Waals surface area contributed by atoms with Gasteiger partial charge in [0.15, 0.2) is 0 Å². The lowest BCUT2D eigenvalue weighted by atomic mass is 9.94. The van der Waals surface area contributed by atoms with Crippen molar-refractivity contribution in [2.45, 2.75) is 63.7 Å². The normalized spacial score (nSPS) is 18.8. The molecule has 0 aromatic carbocycles. The minimum absolute atomic E-state index is 0.322. The highest BCUT2D eigenvalue weighted by molar-refractivity contribution is 5.84. The smallest absolute Gasteiger partial charge is 0.368 e. The molecule has 7 heteroatoms. The predicted molar refractivity (Wildman–Crippen MR) is 75.8 cm³/mol.